The summed E-state index contributed by atoms with van der Waals surface area (Å²) in [6, 6.07) is 7.39. The van der Waals surface area contributed by atoms with Crippen LogP contribution in [0.15, 0.2) is 30.3 Å². The van der Waals surface area contributed by atoms with E-state index in [4.69, 9.17) is 9.47 Å². The molecule has 0 unspecified atom stereocenters. The quantitative estimate of drug-likeness (QED) is 0.741. The molecule has 1 aromatic carbocycles. The van der Waals surface area contributed by atoms with Crippen molar-refractivity contribution < 1.29 is 19.1 Å². The maximum absolute atomic E-state index is 12.5. The minimum atomic E-state index is -0.320. The average Bonchev–Trinajstić information content (AvgIpc) is 2.73. The molecule has 1 amide bonds. The highest BCUT2D eigenvalue weighted by Gasteiger charge is 2.23. The van der Waals surface area contributed by atoms with Gasteiger partial charge in [0.1, 0.15) is 0 Å². The topological polar surface area (TPSA) is 59.1 Å². The molecule has 2 fully saturated rings. The third-order valence-corrected chi connectivity index (χ3v) is 5.25. The average molecular weight is 372 g/mol. The number of allylic oxidation sites excluding steroid dienone is 1. The first-order chi connectivity index (χ1) is 13.2. The molecule has 3 rings (SSSR count). The van der Waals surface area contributed by atoms with Crippen molar-refractivity contribution in [2.24, 2.45) is 5.92 Å². The molecule has 146 valence electrons. The number of esters is 1. The van der Waals surface area contributed by atoms with Gasteiger partial charge in [-0.3, -0.25) is 9.69 Å². The number of amides is 1. The summed E-state index contributed by atoms with van der Waals surface area (Å²) in [6.07, 6.45) is 6.30. The summed E-state index contributed by atoms with van der Waals surface area (Å²) in [4.78, 5) is 28.1. The minimum absolute atomic E-state index is 0.234. The molecule has 27 heavy (non-hydrogen) atoms. The maximum Gasteiger partial charge on any atom is 0.337 e. The molecule has 0 radical (unpaired) electrons. The lowest BCUT2D eigenvalue weighted by molar-refractivity contribution is -0.134. The van der Waals surface area contributed by atoms with Crippen LogP contribution in [0, 0.1) is 5.92 Å². The van der Waals surface area contributed by atoms with Gasteiger partial charge in [0.25, 0.3) is 0 Å². The molecule has 0 spiro atoms. The molecule has 2 aliphatic heterocycles. The van der Waals surface area contributed by atoms with Crippen LogP contribution in [0.2, 0.25) is 0 Å². The molecule has 6 heteroatoms. The number of methoxy groups -OCH3 is 1. The Bertz CT molecular complexity index is 657. The first kappa shape index (κ1) is 19.6. The Balaban J connectivity index is 1.44. The van der Waals surface area contributed by atoms with E-state index in [1.807, 2.05) is 17.0 Å². The van der Waals surface area contributed by atoms with Crippen LogP contribution >= 0.6 is 0 Å². The molecule has 0 bridgehead atoms. The Morgan fingerprint density at radius 3 is 2.41 bits per heavy atom. The second kappa shape index (κ2) is 9.67. The zero-order valence-electron chi connectivity index (χ0n) is 15.9. The van der Waals surface area contributed by atoms with E-state index < -0.39 is 0 Å². The fraction of sp³-hybridized carbons (Fsp3) is 0.524. The van der Waals surface area contributed by atoms with Crippen molar-refractivity contribution in [2.75, 3.05) is 53.0 Å². The number of morpholine rings is 1. The van der Waals surface area contributed by atoms with Gasteiger partial charge in [-0.1, -0.05) is 24.3 Å². The van der Waals surface area contributed by atoms with Crippen molar-refractivity contribution in [3.63, 3.8) is 0 Å². The molecule has 0 aromatic heterocycles. The summed E-state index contributed by atoms with van der Waals surface area (Å²) in [5, 5.41) is 0. The summed E-state index contributed by atoms with van der Waals surface area (Å²) in [7, 11) is 1.38. The molecule has 0 saturated carbocycles. The van der Waals surface area contributed by atoms with Crippen molar-refractivity contribution >= 4 is 18.0 Å². The van der Waals surface area contributed by atoms with Crippen LogP contribution in [0.25, 0.3) is 6.08 Å². The fourth-order valence-electron chi connectivity index (χ4n) is 3.49. The van der Waals surface area contributed by atoms with Crippen LogP contribution in [0.4, 0.5) is 0 Å². The van der Waals surface area contributed by atoms with Crippen LogP contribution in [-0.2, 0) is 14.3 Å². The standard InChI is InChI=1S/C21H28N2O4/c1-26-21(25)19-6-4-17(5-7-19)2-3-18-8-10-23(11-9-18)20(24)16-22-12-14-27-15-13-22/h2-7,18H,8-16H2,1H3/b3-2+. The van der Waals surface area contributed by atoms with Crippen molar-refractivity contribution in [1.29, 1.82) is 0 Å². The van der Waals surface area contributed by atoms with E-state index in [1.165, 1.54) is 7.11 Å². The van der Waals surface area contributed by atoms with Crippen molar-refractivity contribution in [2.45, 2.75) is 12.8 Å². The molecule has 0 N–H and O–H groups in total. The molecule has 2 heterocycles. The predicted octanol–water partition coefficient (Wildman–Crippen LogP) is 2.06. The largest absolute Gasteiger partial charge is 0.465 e. The lowest BCUT2D eigenvalue weighted by atomic mass is 9.95. The number of hydrogen-bond donors (Lipinski definition) is 0. The molecular weight excluding hydrogens is 344 g/mol. The first-order valence-corrected chi connectivity index (χ1v) is 9.60. The van der Waals surface area contributed by atoms with Crippen LogP contribution in [0.1, 0.15) is 28.8 Å². The maximum atomic E-state index is 12.5. The molecule has 0 aliphatic carbocycles. The molecular formula is C21H28N2O4. The SMILES string of the molecule is COC(=O)c1ccc(/C=C/C2CCN(C(=O)CN3CCOCC3)CC2)cc1. The van der Waals surface area contributed by atoms with E-state index in [-0.39, 0.29) is 11.9 Å². The monoisotopic (exact) mass is 372 g/mol. The predicted molar refractivity (Wildman–Crippen MR) is 103 cm³/mol. The fourth-order valence-corrected chi connectivity index (χ4v) is 3.49. The minimum Gasteiger partial charge on any atom is -0.465 e. The van der Waals surface area contributed by atoms with Gasteiger partial charge in [-0.25, -0.2) is 4.79 Å². The number of rotatable bonds is 5. The number of carbonyl (C=O) groups excluding carboxylic acids is 2. The van der Waals surface area contributed by atoms with Gasteiger partial charge in [-0.15, -0.1) is 0 Å². The van der Waals surface area contributed by atoms with E-state index in [1.54, 1.807) is 12.1 Å². The summed E-state index contributed by atoms with van der Waals surface area (Å²) >= 11 is 0. The van der Waals surface area contributed by atoms with E-state index in [0.29, 0.717) is 18.0 Å². The number of ether oxygens (including phenoxy) is 2. The van der Waals surface area contributed by atoms with E-state index in [2.05, 4.69) is 17.1 Å². The number of benzene rings is 1. The zero-order chi connectivity index (χ0) is 19.1. The lowest BCUT2D eigenvalue weighted by Gasteiger charge is -2.33. The van der Waals surface area contributed by atoms with Gasteiger partial charge in [0.05, 0.1) is 32.4 Å². The second-order valence-corrected chi connectivity index (χ2v) is 7.08. The highest BCUT2D eigenvalue weighted by Crippen LogP contribution is 2.20. The second-order valence-electron chi connectivity index (χ2n) is 7.08. The van der Waals surface area contributed by atoms with Crippen LogP contribution in [0.5, 0.6) is 0 Å². The summed E-state index contributed by atoms with van der Waals surface area (Å²) in [6.45, 7) is 5.29. The van der Waals surface area contributed by atoms with Gasteiger partial charge < -0.3 is 14.4 Å². The Morgan fingerprint density at radius 1 is 1.11 bits per heavy atom. The smallest absolute Gasteiger partial charge is 0.337 e. The van der Waals surface area contributed by atoms with E-state index >= 15 is 0 Å². The van der Waals surface area contributed by atoms with Gasteiger partial charge >= 0.3 is 5.97 Å². The van der Waals surface area contributed by atoms with Crippen molar-refractivity contribution in [3.8, 4) is 0 Å². The summed E-state index contributed by atoms with van der Waals surface area (Å²) in [5.74, 6) is 0.398. The van der Waals surface area contributed by atoms with Crippen molar-refractivity contribution in [3.05, 3.63) is 41.5 Å². The zero-order valence-corrected chi connectivity index (χ0v) is 15.9. The highest BCUT2D eigenvalue weighted by atomic mass is 16.5. The lowest BCUT2D eigenvalue weighted by Crippen LogP contribution is -2.46. The van der Waals surface area contributed by atoms with Gasteiger partial charge in [-0.2, -0.15) is 0 Å². The number of carbonyl (C=O) groups is 2. The third-order valence-electron chi connectivity index (χ3n) is 5.25. The Hall–Kier alpha value is -2.18. The molecule has 6 nitrogen and oxygen atoms in total. The molecule has 0 atom stereocenters. The van der Waals surface area contributed by atoms with E-state index in [9.17, 15) is 9.59 Å². The Kier molecular flexibility index (Phi) is 7.01. The number of piperidine rings is 1. The van der Waals surface area contributed by atoms with Gasteiger partial charge in [0, 0.05) is 26.2 Å². The normalized spacial score (nSPS) is 19.4. The number of hydrogen-bond acceptors (Lipinski definition) is 5. The van der Waals surface area contributed by atoms with Crippen LogP contribution < -0.4 is 0 Å². The Labute approximate surface area is 160 Å². The summed E-state index contributed by atoms with van der Waals surface area (Å²) in [5.41, 5.74) is 1.62. The number of likely N-dealkylation sites (tertiary alicyclic amines) is 1. The van der Waals surface area contributed by atoms with Crippen molar-refractivity contribution in [1.82, 2.24) is 9.80 Å². The highest BCUT2D eigenvalue weighted by molar-refractivity contribution is 5.89. The van der Waals surface area contributed by atoms with E-state index in [0.717, 1.165) is 57.8 Å². The van der Waals surface area contributed by atoms with Gasteiger partial charge in [-0.05, 0) is 36.5 Å². The van der Waals surface area contributed by atoms with Crippen LogP contribution in [-0.4, -0.2) is 74.7 Å². The third kappa shape index (κ3) is 5.65. The van der Waals surface area contributed by atoms with Gasteiger partial charge in [0.2, 0.25) is 5.91 Å². The van der Waals surface area contributed by atoms with Crippen LogP contribution in [0.3, 0.4) is 0 Å². The van der Waals surface area contributed by atoms with Gasteiger partial charge in [0.15, 0.2) is 0 Å². The Morgan fingerprint density at radius 2 is 1.78 bits per heavy atom. The first-order valence-electron chi connectivity index (χ1n) is 9.60. The molecule has 2 saturated heterocycles. The molecule has 2 aliphatic rings. The number of nitrogens with zero attached hydrogens (tertiary/aromatic N) is 2. The summed E-state index contributed by atoms with van der Waals surface area (Å²) < 4.78 is 10.0. The molecule has 1 aromatic rings.